The minimum absolute atomic E-state index is 0.0127. The fourth-order valence-electron chi connectivity index (χ4n) is 1.89. The Morgan fingerprint density at radius 2 is 1.85 bits per heavy atom. The van der Waals surface area contributed by atoms with Gasteiger partial charge in [-0.15, -0.1) is 0 Å². The Labute approximate surface area is 164 Å². The molecule has 2 amide bonds. The molecule has 2 aromatic rings. The fraction of sp³-hybridized carbons (Fsp3) is 0.118. The number of phenolic OH excluding ortho intramolecular Hbond substituents is 1. The lowest BCUT2D eigenvalue weighted by molar-refractivity contribution is -0.120. The predicted octanol–water partition coefficient (Wildman–Crippen LogP) is 3.62. The topological polar surface area (TPSA) is 90.8 Å². The third-order valence-electron chi connectivity index (χ3n) is 3.20. The molecule has 0 aromatic heterocycles. The molecule has 0 unspecified atom stereocenters. The average Bonchev–Trinajstić information content (AvgIpc) is 2.60. The normalized spacial score (nSPS) is 10.7. The number of hydrazone groups is 1. The molecule has 0 bridgehead atoms. The predicted molar refractivity (Wildman–Crippen MR) is 102 cm³/mol. The molecule has 0 fully saturated rings. The van der Waals surface area contributed by atoms with E-state index in [2.05, 4.69) is 15.8 Å². The van der Waals surface area contributed by atoms with Crippen molar-refractivity contribution in [3.8, 4) is 5.75 Å². The van der Waals surface area contributed by atoms with Gasteiger partial charge in [-0.2, -0.15) is 5.10 Å². The molecule has 9 heteroatoms. The maximum atomic E-state index is 11.9. The summed E-state index contributed by atoms with van der Waals surface area (Å²) in [4.78, 5) is 23.6. The highest BCUT2D eigenvalue weighted by molar-refractivity contribution is 6.42. The van der Waals surface area contributed by atoms with Gasteiger partial charge in [-0.25, -0.2) is 5.43 Å². The van der Waals surface area contributed by atoms with Crippen LogP contribution in [0.4, 0.5) is 0 Å². The minimum Gasteiger partial charge on any atom is -0.507 e. The summed E-state index contributed by atoms with van der Waals surface area (Å²) in [6.07, 6.45) is 1.29. The van der Waals surface area contributed by atoms with E-state index in [0.717, 1.165) is 0 Å². The SMILES string of the molecule is O=C(CCNC(=O)c1ccc(Cl)c(Cl)c1)N/N=C/c1cc(Cl)ccc1O. The van der Waals surface area contributed by atoms with Crippen LogP contribution in [0, 0.1) is 0 Å². The van der Waals surface area contributed by atoms with Crippen molar-refractivity contribution in [1.29, 1.82) is 0 Å². The summed E-state index contributed by atoms with van der Waals surface area (Å²) in [7, 11) is 0. The number of rotatable bonds is 6. The number of hydrogen-bond acceptors (Lipinski definition) is 4. The first-order valence-corrected chi connectivity index (χ1v) is 8.54. The molecule has 0 spiro atoms. The highest BCUT2D eigenvalue weighted by Crippen LogP contribution is 2.22. The van der Waals surface area contributed by atoms with E-state index in [1.54, 1.807) is 0 Å². The van der Waals surface area contributed by atoms with E-state index < -0.39 is 5.91 Å². The summed E-state index contributed by atoms with van der Waals surface area (Å²) in [6, 6.07) is 8.95. The largest absolute Gasteiger partial charge is 0.507 e. The highest BCUT2D eigenvalue weighted by Gasteiger charge is 2.08. The van der Waals surface area contributed by atoms with Crippen molar-refractivity contribution in [2.45, 2.75) is 6.42 Å². The number of aromatic hydroxyl groups is 1. The van der Waals surface area contributed by atoms with E-state index in [-0.39, 0.29) is 29.6 Å². The molecule has 136 valence electrons. The van der Waals surface area contributed by atoms with Crippen molar-refractivity contribution < 1.29 is 14.7 Å². The van der Waals surface area contributed by atoms with Gasteiger partial charge in [0, 0.05) is 29.1 Å². The molecule has 6 nitrogen and oxygen atoms in total. The van der Waals surface area contributed by atoms with Crippen molar-refractivity contribution in [1.82, 2.24) is 10.7 Å². The Morgan fingerprint density at radius 3 is 2.58 bits per heavy atom. The molecule has 0 atom stereocenters. The van der Waals surface area contributed by atoms with Crippen LogP contribution >= 0.6 is 34.8 Å². The summed E-state index contributed by atoms with van der Waals surface area (Å²) in [5.74, 6) is -0.790. The zero-order valence-corrected chi connectivity index (χ0v) is 15.6. The van der Waals surface area contributed by atoms with Crippen LogP contribution < -0.4 is 10.7 Å². The van der Waals surface area contributed by atoms with E-state index in [4.69, 9.17) is 34.8 Å². The molecule has 0 heterocycles. The Hall–Kier alpha value is -2.28. The van der Waals surface area contributed by atoms with Crippen molar-refractivity contribution >= 4 is 52.8 Å². The first-order valence-electron chi connectivity index (χ1n) is 7.40. The minimum atomic E-state index is -0.405. The van der Waals surface area contributed by atoms with Gasteiger partial charge in [-0.3, -0.25) is 9.59 Å². The quantitative estimate of drug-likeness (QED) is 0.498. The van der Waals surface area contributed by atoms with Gasteiger partial charge in [0.15, 0.2) is 0 Å². The molecular formula is C17H14Cl3N3O3. The van der Waals surface area contributed by atoms with Gasteiger partial charge in [0.05, 0.1) is 16.3 Å². The number of hydrogen-bond donors (Lipinski definition) is 3. The molecular weight excluding hydrogens is 401 g/mol. The summed E-state index contributed by atoms with van der Waals surface area (Å²) in [5, 5.41) is 17.0. The Morgan fingerprint density at radius 1 is 1.08 bits per heavy atom. The van der Waals surface area contributed by atoms with Crippen LogP contribution in [0.3, 0.4) is 0 Å². The molecule has 0 saturated heterocycles. The average molecular weight is 415 g/mol. The van der Waals surface area contributed by atoms with Crippen molar-refractivity contribution in [2.24, 2.45) is 5.10 Å². The number of nitrogens with zero attached hydrogens (tertiary/aromatic N) is 1. The van der Waals surface area contributed by atoms with Crippen LogP contribution in [-0.4, -0.2) is 29.7 Å². The van der Waals surface area contributed by atoms with Gasteiger partial charge in [0.1, 0.15) is 5.75 Å². The monoisotopic (exact) mass is 413 g/mol. The zero-order chi connectivity index (χ0) is 19.1. The van der Waals surface area contributed by atoms with Crippen LogP contribution in [0.25, 0.3) is 0 Å². The number of benzene rings is 2. The molecule has 2 rings (SSSR count). The standard InChI is InChI=1S/C17H14Cl3N3O3/c18-12-2-4-15(24)11(7-12)9-22-23-16(25)5-6-21-17(26)10-1-3-13(19)14(20)8-10/h1-4,7-9,24H,5-6H2,(H,21,26)(H,23,25)/b22-9+. The second-order valence-corrected chi connectivity index (χ2v) is 6.38. The molecule has 0 aliphatic carbocycles. The summed E-state index contributed by atoms with van der Waals surface area (Å²) < 4.78 is 0. The van der Waals surface area contributed by atoms with Crippen LogP contribution in [0.15, 0.2) is 41.5 Å². The smallest absolute Gasteiger partial charge is 0.251 e. The van der Waals surface area contributed by atoms with Crippen molar-refractivity contribution in [3.05, 3.63) is 62.6 Å². The molecule has 26 heavy (non-hydrogen) atoms. The summed E-state index contributed by atoms with van der Waals surface area (Å²) >= 11 is 17.5. The number of phenols is 1. The van der Waals surface area contributed by atoms with E-state index in [1.807, 2.05) is 0 Å². The summed E-state index contributed by atoms with van der Waals surface area (Å²) in [5.41, 5.74) is 3.00. The maximum absolute atomic E-state index is 11.9. The van der Waals surface area contributed by atoms with Crippen LogP contribution in [-0.2, 0) is 4.79 Å². The Balaban J connectivity index is 1.78. The van der Waals surface area contributed by atoms with Gasteiger partial charge >= 0.3 is 0 Å². The van der Waals surface area contributed by atoms with E-state index >= 15 is 0 Å². The third-order valence-corrected chi connectivity index (χ3v) is 4.18. The third kappa shape index (κ3) is 5.91. The first-order chi connectivity index (χ1) is 12.4. The van der Waals surface area contributed by atoms with Gasteiger partial charge in [0.2, 0.25) is 5.91 Å². The molecule has 0 radical (unpaired) electrons. The van der Waals surface area contributed by atoms with Crippen LogP contribution in [0.5, 0.6) is 5.75 Å². The molecule has 0 aliphatic heterocycles. The lowest BCUT2D eigenvalue weighted by Gasteiger charge is -2.05. The van der Waals surface area contributed by atoms with Crippen molar-refractivity contribution in [3.63, 3.8) is 0 Å². The van der Waals surface area contributed by atoms with Gasteiger partial charge in [-0.05, 0) is 36.4 Å². The maximum Gasteiger partial charge on any atom is 0.251 e. The Bertz CT molecular complexity index is 856. The van der Waals surface area contributed by atoms with Crippen molar-refractivity contribution in [2.75, 3.05) is 6.54 Å². The molecule has 3 N–H and O–H groups in total. The fourth-order valence-corrected chi connectivity index (χ4v) is 2.37. The molecule has 2 aromatic carbocycles. The second kappa shape index (κ2) is 9.43. The van der Waals surface area contributed by atoms with Crippen LogP contribution in [0.2, 0.25) is 15.1 Å². The van der Waals surface area contributed by atoms with E-state index in [0.29, 0.717) is 21.2 Å². The number of amides is 2. The molecule has 0 saturated carbocycles. The van der Waals surface area contributed by atoms with Crippen LogP contribution in [0.1, 0.15) is 22.3 Å². The number of carbonyl (C=O) groups excluding carboxylic acids is 2. The van der Waals surface area contributed by atoms with E-state index in [1.165, 1.54) is 42.6 Å². The van der Waals surface area contributed by atoms with Gasteiger partial charge in [-0.1, -0.05) is 34.8 Å². The van der Waals surface area contributed by atoms with E-state index in [9.17, 15) is 14.7 Å². The lowest BCUT2D eigenvalue weighted by Crippen LogP contribution is -2.29. The Kier molecular flexibility index (Phi) is 7.26. The summed E-state index contributed by atoms with van der Waals surface area (Å²) in [6.45, 7) is 0.114. The number of carbonyl (C=O) groups is 2. The highest BCUT2D eigenvalue weighted by atomic mass is 35.5. The number of nitrogens with one attached hydrogen (secondary N) is 2. The van der Waals surface area contributed by atoms with Gasteiger partial charge in [0.25, 0.3) is 5.91 Å². The number of halogens is 3. The molecule has 0 aliphatic rings. The van der Waals surface area contributed by atoms with Gasteiger partial charge < -0.3 is 10.4 Å². The zero-order valence-electron chi connectivity index (χ0n) is 13.3. The lowest BCUT2D eigenvalue weighted by atomic mass is 10.2. The first kappa shape index (κ1) is 20.0. The second-order valence-electron chi connectivity index (χ2n) is 5.13.